The summed E-state index contributed by atoms with van der Waals surface area (Å²) in [5.41, 5.74) is -4.36. The maximum atomic E-state index is 14.4. The molecule has 1 unspecified atom stereocenters. The lowest BCUT2D eigenvalue weighted by molar-refractivity contribution is -0.386. The van der Waals surface area contributed by atoms with Crippen molar-refractivity contribution in [3.63, 3.8) is 0 Å². The molecule has 2 aromatic rings. The fraction of sp³-hybridized carbons (Fsp3) is 0.333. The Balaban J connectivity index is 2.63. The molecule has 1 N–H and O–H groups in total. The Labute approximate surface area is 142 Å². The summed E-state index contributed by atoms with van der Waals surface area (Å²) in [5, 5.41) is 19.4. The van der Waals surface area contributed by atoms with E-state index in [9.17, 15) is 38.0 Å². The summed E-state index contributed by atoms with van der Waals surface area (Å²) >= 11 is 0. The van der Waals surface area contributed by atoms with Crippen LogP contribution in [0.25, 0.3) is 10.9 Å². The average molecular weight is 372 g/mol. The number of rotatable bonds is 4. The van der Waals surface area contributed by atoms with Crippen LogP contribution < -0.4 is 10.2 Å². The maximum absolute atomic E-state index is 14.4. The van der Waals surface area contributed by atoms with E-state index in [1.54, 1.807) is 6.92 Å². The van der Waals surface area contributed by atoms with Gasteiger partial charge in [0.05, 0.1) is 11.0 Å². The second kappa shape index (κ2) is 6.00. The molecule has 1 aliphatic rings. The molecule has 0 aliphatic carbocycles. The summed E-state index contributed by atoms with van der Waals surface area (Å²) in [5.74, 6) is -6.17. The first-order valence-electron chi connectivity index (χ1n) is 7.44. The third kappa shape index (κ3) is 2.23. The molecule has 0 radical (unpaired) electrons. The van der Waals surface area contributed by atoms with Gasteiger partial charge in [-0.2, -0.15) is 8.78 Å². The van der Waals surface area contributed by atoms with E-state index in [2.05, 4.69) is 0 Å². The topological polar surface area (TPSA) is 112 Å². The Hall–Kier alpha value is -3.11. The molecule has 3 rings (SSSR count). The molecule has 0 fully saturated rings. The van der Waals surface area contributed by atoms with Gasteiger partial charge in [-0.05, 0) is 6.42 Å². The number of carboxylic acid groups (broad SMARTS) is 1. The summed E-state index contributed by atoms with van der Waals surface area (Å²) in [6.07, 6.45) is -0.0649. The number of hydrogen-bond acceptors (Lipinski definition) is 5. The highest BCUT2D eigenvalue weighted by atomic mass is 19.2. The number of carboxylic acids is 1. The van der Waals surface area contributed by atoms with E-state index in [1.807, 2.05) is 0 Å². The highest BCUT2D eigenvalue weighted by Gasteiger charge is 2.40. The molecule has 0 bridgehead atoms. The maximum Gasteiger partial charge on any atom is 0.341 e. The molecular formula is C15H11F3N2O6. The van der Waals surface area contributed by atoms with E-state index in [1.165, 1.54) is 0 Å². The number of nitrogens with zero attached hydrogens (tertiary/aromatic N) is 2. The van der Waals surface area contributed by atoms with Crippen molar-refractivity contribution >= 4 is 22.6 Å². The predicted molar refractivity (Wildman–Crippen MR) is 81.5 cm³/mol. The minimum absolute atomic E-state index is 0.155. The monoisotopic (exact) mass is 372 g/mol. The molecule has 1 aromatic carbocycles. The van der Waals surface area contributed by atoms with Crippen molar-refractivity contribution in [1.82, 2.24) is 4.57 Å². The van der Waals surface area contributed by atoms with Crippen molar-refractivity contribution in [1.29, 1.82) is 0 Å². The van der Waals surface area contributed by atoms with Crippen LogP contribution in [0.15, 0.2) is 11.0 Å². The number of aromatic carboxylic acids is 1. The number of nitro benzene ring substituents is 1. The summed E-state index contributed by atoms with van der Waals surface area (Å²) in [7, 11) is 0. The molecule has 0 spiro atoms. The normalized spacial score (nSPS) is 18.6. The van der Waals surface area contributed by atoms with E-state index in [0.717, 1.165) is 10.8 Å². The largest absolute Gasteiger partial charge is 0.483 e. The lowest BCUT2D eigenvalue weighted by Crippen LogP contribution is -2.37. The molecule has 1 aromatic heterocycles. The SMILES string of the molecule is CCC1Oc2c(F)c(F)c([N+](=O)[O-])c3c(=O)c(C(=O)O)cn(c23)[C@H]1CF. The van der Waals surface area contributed by atoms with Gasteiger partial charge in [-0.25, -0.2) is 9.18 Å². The van der Waals surface area contributed by atoms with Crippen LogP contribution in [0.5, 0.6) is 5.75 Å². The van der Waals surface area contributed by atoms with Crippen LogP contribution in [-0.2, 0) is 0 Å². The van der Waals surface area contributed by atoms with Crippen molar-refractivity contribution in [3.05, 3.63) is 43.7 Å². The van der Waals surface area contributed by atoms with Crippen molar-refractivity contribution in [3.8, 4) is 5.75 Å². The Morgan fingerprint density at radius 3 is 2.58 bits per heavy atom. The van der Waals surface area contributed by atoms with Gasteiger partial charge in [0.1, 0.15) is 29.2 Å². The predicted octanol–water partition coefficient (Wildman–Crippen LogP) is 2.57. The van der Waals surface area contributed by atoms with Crippen LogP contribution in [0.4, 0.5) is 18.9 Å². The molecule has 11 heteroatoms. The molecule has 8 nitrogen and oxygen atoms in total. The summed E-state index contributed by atoms with van der Waals surface area (Å²) in [6.45, 7) is 0.498. The van der Waals surface area contributed by atoms with Crippen molar-refractivity contribution in [2.45, 2.75) is 25.5 Å². The third-order valence-electron chi connectivity index (χ3n) is 4.32. The van der Waals surface area contributed by atoms with Crippen molar-refractivity contribution in [2.75, 3.05) is 6.67 Å². The van der Waals surface area contributed by atoms with Crippen molar-refractivity contribution < 1.29 is 32.7 Å². The minimum atomic E-state index is -1.95. The number of benzene rings is 1. The number of hydrogen-bond donors (Lipinski definition) is 1. The van der Waals surface area contributed by atoms with Crippen LogP contribution in [0.3, 0.4) is 0 Å². The number of nitro groups is 1. The molecular weight excluding hydrogens is 361 g/mol. The van der Waals surface area contributed by atoms with Crippen LogP contribution in [-0.4, -0.2) is 33.3 Å². The van der Waals surface area contributed by atoms with Gasteiger partial charge in [-0.15, -0.1) is 0 Å². The van der Waals surface area contributed by atoms with Gasteiger partial charge in [0, 0.05) is 6.20 Å². The second-order valence-corrected chi connectivity index (χ2v) is 5.66. The second-order valence-electron chi connectivity index (χ2n) is 5.66. The standard InChI is InChI=1S/C15H11F3N2O6/c1-2-7-6(3-16)19-4-5(15(22)23)13(21)8-11(20(24)25)9(17)10(18)14(26-7)12(8)19/h4,6-7H,2-3H2,1H3,(H,22,23)/t6-,7?/m0/s1. The zero-order valence-electron chi connectivity index (χ0n) is 13.2. The van der Waals surface area contributed by atoms with Gasteiger partial charge in [-0.3, -0.25) is 14.9 Å². The van der Waals surface area contributed by atoms with E-state index in [4.69, 9.17) is 4.74 Å². The summed E-state index contributed by atoms with van der Waals surface area (Å²) in [4.78, 5) is 33.6. The Bertz CT molecular complexity index is 1020. The molecule has 26 heavy (non-hydrogen) atoms. The first kappa shape index (κ1) is 17.7. The average Bonchev–Trinajstić information content (AvgIpc) is 2.59. The molecule has 138 valence electrons. The highest BCUT2D eigenvalue weighted by Crippen LogP contribution is 2.43. The van der Waals surface area contributed by atoms with Crippen LogP contribution in [0.1, 0.15) is 29.7 Å². The summed E-state index contributed by atoms with van der Waals surface area (Å²) in [6, 6.07) is -1.17. The molecule has 2 heterocycles. The van der Waals surface area contributed by atoms with Gasteiger partial charge in [-0.1, -0.05) is 6.92 Å². The Morgan fingerprint density at radius 2 is 2.08 bits per heavy atom. The van der Waals surface area contributed by atoms with Crippen LogP contribution >= 0.6 is 0 Å². The van der Waals surface area contributed by atoms with E-state index in [0.29, 0.717) is 0 Å². The van der Waals surface area contributed by atoms with Crippen LogP contribution in [0, 0.1) is 21.7 Å². The lowest BCUT2D eigenvalue weighted by atomic mass is 10.0. The molecule has 2 atom stereocenters. The Kier molecular flexibility index (Phi) is 4.09. The molecule has 0 saturated carbocycles. The smallest absolute Gasteiger partial charge is 0.341 e. The van der Waals surface area contributed by atoms with E-state index < -0.39 is 74.7 Å². The first-order chi connectivity index (χ1) is 12.2. The van der Waals surface area contributed by atoms with E-state index >= 15 is 0 Å². The zero-order valence-corrected chi connectivity index (χ0v) is 13.2. The molecule has 0 saturated heterocycles. The fourth-order valence-corrected chi connectivity index (χ4v) is 3.13. The molecule has 0 amide bonds. The first-order valence-corrected chi connectivity index (χ1v) is 7.44. The fourth-order valence-electron chi connectivity index (χ4n) is 3.13. The Morgan fingerprint density at radius 1 is 1.42 bits per heavy atom. The molecule has 1 aliphatic heterocycles. The van der Waals surface area contributed by atoms with E-state index in [-0.39, 0.29) is 6.42 Å². The van der Waals surface area contributed by atoms with Gasteiger partial charge in [0.15, 0.2) is 5.75 Å². The van der Waals surface area contributed by atoms with Crippen molar-refractivity contribution in [2.24, 2.45) is 0 Å². The van der Waals surface area contributed by atoms with Gasteiger partial charge in [0.2, 0.25) is 17.1 Å². The van der Waals surface area contributed by atoms with Gasteiger partial charge in [0.25, 0.3) is 0 Å². The summed E-state index contributed by atoms with van der Waals surface area (Å²) < 4.78 is 48.4. The zero-order chi connectivity index (χ0) is 19.3. The highest BCUT2D eigenvalue weighted by molar-refractivity contribution is 5.99. The number of pyridine rings is 1. The van der Waals surface area contributed by atoms with Gasteiger partial charge >= 0.3 is 11.7 Å². The van der Waals surface area contributed by atoms with Gasteiger partial charge < -0.3 is 14.4 Å². The number of carbonyl (C=O) groups is 1. The third-order valence-corrected chi connectivity index (χ3v) is 4.32. The number of halogens is 3. The quantitative estimate of drug-likeness (QED) is 0.652. The van der Waals surface area contributed by atoms with Crippen LogP contribution in [0.2, 0.25) is 0 Å². The number of ether oxygens (including phenoxy) is 1. The number of alkyl halides is 1. The number of aromatic nitrogens is 1. The minimum Gasteiger partial charge on any atom is -0.483 e. The lowest BCUT2D eigenvalue weighted by Gasteiger charge is -2.34.